The Hall–Kier alpha value is -4.04. The van der Waals surface area contributed by atoms with E-state index < -0.39 is 0 Å². The Kier molecular flexibility index (Phi) is 6.29. The van der Waals surface area contributed by atoms with Crippen molar-refractivity contribution in [2.45, 2.75) is 6.04 Å². The molecule has 0 saturated heterocycles. The van der Waals surface area contributed by atoms with Crippen molar-refractivity contribution < 1.29 is 9.84 Å². The first kappa shape index (κ1) is 20.2. The second-order valence-corrected chi connectivity index (χ2v) is 6.62. The van der Waals surface area contributed by atoms with Gasteiger partial charge >= 0.3 is 0 Å². The van der Waals surface area contributed by atoms with E-state index in [1.54, 1.807) is 31.8 Å². The monoisotopic (exact) mass is 414 g/mol. The molecule has 4 aromatic rings. The van der Waals surface area contributed by atoms with E-state index in [1.165, 1.54) is 0 Å². The predicted molar refractivity (Wildman–Crippen MR) is 118 cm³/mol. The molecule has 4 rings (SSSR count). The Balaban J connectivity index is 1.91. The number of nitrogens with zero attached hydrogens (tertiary/aromatic N) is 5. The lowest BCUT2D eigenvalue weighted by atomic mass is 9.99. The third kappa shape index (κ3) is 4.59. The molecule has 2 N–H and O–H groups in total. The number of rotatable bonds is 8. The van der Waals surface area contributed by atoms with Crippen molar-refractivity contribution in [1.82, 2.24) is 19.9 Å². The van der Waals surface area contributed by atoms with Crippen molar-refractivity contribution in [2.24, 2.45) is 0 Å². The van der Waals surface area contributed by atoms with Gasteiger partial charge in [0.2, 0.25) is 5.88 Å². The first-order chi connectivity index (χ1) is 15.3. The largest absolute Gasteiger partial charge is 0.481 e. The molecule has 0 aliphatic heterocycles. The first-order valence-corrected chi connectivity index (χ1v) is 9.71. The molecule has 0 unspecified atom stereocenters. The quantitative estimate of drug-likeness (QED) is 0.423. The number of aromatic nitrogens is 4. The van der Waals surface area contributed by atoms with E-state index in [1.807, 2.05) is 60.9 Å². The SMILES string of the molecule is COc1ccc(N(c2cccc(NCO)n2)C(c2cccnc2)c2cccnc2)cn1. The minimum Gasteiger partial charge on any atom is -0.481 e. The third-order valence-corrected chi connectivity index (χ3v) is 4.71. The lowest BCUT2D eigenvalue weighted by molar-refractivity contribution is 0.325. The molecule has 0 radical (unpaired) electrons. The summed E-state index contributed by atoms with van der Waals surface area (Å²) in [6.07, 6.45) is 8.89. The zero-order valence-electron chi connectivity index (χ0n) is 17.0. The van der Waals surface area contributed by atoms with Crippen molar-refractivity contribution in [3.8, 4) is 5.88 Å². The minimum atomic E-state index is -0.269. The van der Waals surface area contributed by atoms with Gasteiger partial charge in [0.1, 0.15) is 18.4 Å². The molecule has 0 bridgehead atoms. The Morgan fingerprint density at radius 1 is 0.935 bits per heavy atom. The van der Waals surface area contributed by atoms with Crippen LogP contribution in [0.2, 0.25) is 0 Å². The summed E-state index contributed by atoms with van der Waals surface area (Å²) in [5.74, 6) is 1.75. The molecule has 0 fully saturated rings. The van der Waals surface area contributed by atoms with Crippen molar-refractivity contribution in [3.63, 3.8) is 0 Å². The van der Waals surface area contributed by atoms with Gasteiger partial charge in [-0.2, -0.15) is 0 Å². The Morgan fingerprint density at radius 3 is 2.23 bits per heavy atom. The molecule has 0 aromatic carbocycles. The molecule has 156 valence electrons. The van der Waals surface area contributed by atoms with Gasteiger partial charge in [0, 0.05) is 30.9 Å². The maximum Gasteiger partial charge on any atom is 0.213 e. The van der Waals surface area contributed by atoms with E-state index in [-0.39, 0.29) is 12.8 Å². The Bertz CT molecular complexity index is 1050. The summed E-state index contributed by atoms with van der Waals surface area (Å²) in [7, 11) is 1.58. The summed E-state index contributed by atoms with van der Waals surface area (Å²) in [6, 6.07) is 16.9. The first-order valence-electron chi connectivity index (χ1n) is 9.71. The van der Waals surface area contributed by atoms with Crippen LogP contribution in [-0.2, 0) is 0 Å². The highest BCUT2D eigenvalue weighted by atomic mass is 16.5. The van der Waals surface area contributed by atoms with Crippen LogP contribution in [0.1, 0.15) is 17.2 Å². The van der Waals surface area contributed by atoms with E-state index in [0.29, 0.717) is 17.5 Å². The average molecular weight is 414 g/mol. The summed E-state index contributed by atoms with van der Waals surface area (Å²) in [5.41, 5.74) is 2.74. The Morgan fingerprint density at radius 2 is 1.68 bits per heavy atom. The second kappa shape index (κ2) is 9.64. The van der Waals surface area contributed by atoms with Gasteiger partial charge in [-0.05, 0) is 41.5 Å². The lowest BCUT2D eigenvalue weighted by Crippen LogP contribution is -2.26. The topological polar surface area (TPSA) is 96.3 Å². The predicted octanol–water partition coefficient (Wildman–Crippen LogP) is 3.56. The zero-order chi connectivity index (χ0) is 21.5. The van der Waals surface area contributed by atoms with Gasteiger partial charge in [-0.25, -0.2) is 9.97 Å². The lowest BCUT2D eigenvalue weighted by Gasteiger charge is -2.33. The van der Waals surface area contributed by atoms with Gasteiger partial charge in [0.05, 0.1) is 25.0 Å². The molecule has 8 nitrogen and oxygen atoms in total. The summed E-state index contributed by atoms with van der Waals surface area (Å²) >= 11 is 0. The molecule has 8 heteroatoms. The summed E-state index contributed by atoms with van der Waals surface area (Å²) in [6.45, 7) is -0.213. The van der Waals surface area contributed by atoms with Crippen LogP contribution in [0, 0.1) is 0 Å². The second-order valence-electron chi connectivity index (χ2n) is 6.62. The van der Waals surface area contributed by atoms with E-state index in [2.05, 4.69) is 25.2 Å². The molecule has 4 heterocycles. The molecule has 0 aliphatic carbocycles. The van der Waals surface area contributed by atoms with Gasteiger partial charge < -0.3 is 20.1 Å². The maximum absolute atomic E-state index is 9.28. The van der Waals surface area contributed by atoms with Crippen LogP contribution >= 0.6 is 0 Å². The van der Waals surface area contributed by atoms with E-state index in [0.717, 1.165) is 16.8 Å². The molecule has 0 spiro atoms. The van der Waals surface area contributed by atoms with Gasteiger partial charge in [-0.3, -0.25) is 9.97 Å². The number of methoxy groups -OCH3 is 1. The van der Waals surface area contributed by atoms with Crippen molar-refractivity contribution >= 4 is 17.3 Å². The number of anilines is 3. The fourth-order valence-corrected chi connectivity index (χ4v) is 3.35. The average Bonchev–Trinajstić information content (AvgIpc) is 2.84. The summed E-state index contributed by atoms with van der Waals surface area (Å²) in [4.78, 5) is 19.8. The molecule has 0 aliphatic rings. The fourth-order valence-electron chi connectivity index (χ4n) is 3.35. The van der Waals surface area contributed by atoms with Crippen LogP contribution in [0.5, 0.6) is 5.88 Å². The van der Waals surface area contributed by atoms with Crippen LogP contribution in [0.25, 0.3) is 0 Å². The van der Waals surface area contributed by atoms with E-state index >= 15 is 0 Å². The molecule has 4 aromatic heterocycles. The van der Waals surface area contributed by atoms with Gasteiger partial charge in [0.25, 0.3) is 0 Å². The molecular formula is C23H22N6O2. The molecule has 31 heavy (non-hydrogen) atoms. The number of hydrogen-bond donors (Lipinski definition) is 2. The van der Waals surface area contributed by atoms with Gasteiger partial charge in [-0.15, -0.1) is 0 Å². The standard InChI is InChI=1S/C23H22N6O2/c1-31-22-10-9-19(15-26-22)29(21-8-2-7-20(28-21)27-16-30)23(17-5-3-11-24-13-17)18-6-4-12-25-14-18/h2-15,23,30H,16H2,1H3,(H,27,28). The van der Waals surface area contributed by atoms with Crippen LogP contribution in [0.15, 0.2) is 85.6 Å². The number of pyridine rings is 4. The van der Waals surface area contributed by atoms with Crippen LogP contribution in [-0.4, -0.2) is 38.9 Å². The van der Waals surface area contributed by atoms with E-state index in [4.69, 9.17) is 9.72 Å². The molecule has 0 amide bonds. The fraction of sp³-hybridized carbons (Fsp3) is 0.130. The highest BCUT2D eigenvalue weighted by molar-refractivity contribution is 5.65. The molecule has 0 atom stereocenters. The van der Waals surface area contributed by atoms with Crippen molar-refractivity contribution in [3.05, 3.63) is 96.7 Å². The minimum absolute atomic E-state index is 0.213. The summed E-state index contributed by atoms with van der Waals surface area (Å²) < 4.78 is 5.23. The number of aliphatic hydroxyl groups is 1. The number of ether oxygens (including phenoxy) is 1. The van der Waals surface area contributed by atoms with Gasteiger partial charge in [-0.1, -0.05) is 18.2 Å². The highest BCUT2D eigenvalue weighted by Gasteiger charge is 2.26. The normalized spacial score (nSPS) is 10.7. The van der Waals surface area contributed by atoms with Crippen LogP contribution < -0.4 is 15.0 Å². The number of hydrogen-bond acceptors (Lipinski definition) is 8. The molecule has 0 saturated carbocycles. The maximum atomic E-state index is 9.28. The zero-order valence-corrected chi connectivity index (χ0v) is 17.0. The summed E-state index contributed by atoms with van der Waals surface area (Å²) in [5, 5.41) is 12.1. The molecular weight excluding hydrogens is 392 g/mol. The smallest absolute Gasteiger partial charge is 0.213 e. The number of aliphatic hydroxyl groups excluding tert-OH is 1. The van der Waals surface area contributed by atoms with Crippen LogP contribution in [0.3, 0.4) is 0 Å². The Labute approximate surface area is 180 Å². The van der Waals surface area contributed by atoms with Crippen LogP contribution in [0.4, 0.5) is 17.3 Å². The highest BCUT2D eigenvalue weighted by Crippen LogP contribution is 2.38. The number of nitrogens with one attached hydrogen (secondary N) is 1. The third-order valence-electron chi connectivity index (χ3n) is 4.71. The van der Waals surface area contributed by atoms with E-state index in [9.17, 15) is 5.11 Å². The van der Waals surface area contributed by atoms with Crippen molar-refractivity contribution in [1.29, 1.82) is 0 Å². The van der Waals surface area contributed by atoms with Crippen molar-refractivity contribution in [2.75, 3.05) is 24.1 Å². The van der Waals surface area contributed by atoms with Gasteiger partial charge in [0.15, 0.2) is 0 Å².